The van der Waals surface area contributed by atoms with E-state index in [-0.39, 0.29) is 6.04 Å². The topological polar surface area (TPSA) is 21.3 Å². The maximum Gasteiger partial charge on any atom is 0.137 e. The first kappa shape index (κ1) is 14.7. The second-order valence-electron chi connectivity index (χ2n) is 4.21. The monoisotopic (exact) mass is 315 g/mol. The van der Waals surface area contributed by atoms with Crippen LogP contribution in [0, 0.1) is 0 Å². The highest BCUT2D eigenvalue weighted by Crippen LogP contribution is 2.28. The standard InChI is InChI=1S/C14H15Cl2NOS/c1-9(13-5-6-14(16)19-13)17-8-10-3-4-12(18-2)11(15)7-10/h3-7,9,17H,8H2,1-2H3. The van der Waals surface area contributed by atoms with Gasteiger partial charge in [0.1, 0.15) is 5.75 Å². The van der Waals surface area contributed by atoms with Crippen molar-refractivity contribution in [2.24, 2.45) is 0 Å². The Hall–Kier alpha value is -0.740. The fourth-order valence-electron chi connectivity index (χ4n) is 1.75. The van der Waals surface area contributed by atoms with Crippen LogP contribution in [0.4, 0.5) is 0 Å². The number of thiophene rings is 1. The molecule has 0 radical (unpaired) electrons. The van der Waals surface area contributed by atoms with E-state index in [0.717, 1.165) is 16.4 Å². The van der Waals surface area contributed by atoms with E-state index < -0.39 is 0 Å². The predicted octanol–water partition coefficient (Wildman–Crippen LogP) is 4.91. The van der Waals surface area contributed by atoms with Crippen LogP contribution >= 0.6 is 34.5 Å². The highest BCUT2D eigenvalue weighted by Gasteiger charge is 2.08. The summed E-state index contributed by atoms with van der Waals surface area (Å²) >= 11 is 13.6. The van der Waals surface area contributed by atoms with Gasteiger partial charge < -0.3 is 10.1 Å². The third kappa shape index (κ3) is 3.86. The molecule has 1 aromatic carbocycles. The Morgan fingerprint density at radius 3 is 2.63 bits per heavy atom. The molecule has 1 N–H and O–H groups in total. The van der Waals surface area contributed by atoms with Crippen molar-refractivity contribution in [3.63, 3.8) is 0 Å². The molecule has 0 fully saturated rings. The normalized spacial score (nSPS) is 12.4. The van der Waals surface area contributed by atoms with E-state index >= 15 is 0 Å². The molecule has 0 saturated heterocycles. The summed E-state index contributed by atoms with van der Waals surface area (Å²) in [5, 5.41) is 4.08. The van der Waals surface area contributed by atoms with Crippen molar-refractivity contribution >= 4 is 34.5 Å². The number of methoxy groups -OCH3 is 1. The van der Waals surface area contributed by atoms with Gasteiger partial charge in [-0.1, -0.05) is 29.3 Å². The summed E-state index contributed by atoms with van der Waals surface area (Å²) in [6.45, 7) is 2.87. The molecule has 1 atom stereocenters. The van der Waals surface area contributed by atoms with E-state index in [9.17, 15) is 0 Å². The zero-order valence-electron chi connectivity index (χ0n) is 10.7. The lowest BCUT2D eigenvalue weighted by atomic mass is 10.2. The molecular formula is C14H15Cl2NOS. The van der Waals surface area contributed by atoms with E-state index in [2.05, 4.69) is 12.2 Å². The summed E-state index contributed by atoms with van der Waals surface area (Å²) < 4.78 is 5.95. The van der Waals surface area contributed by atoms with Crippen LogP contribution in [0.5, 0.6) is 5.75 Å². The van der Waals surface area contributed by atoms with Crippen molar-refractivity contribution in [1.82, 2.24) is 5.32 Å². The molecule has 0 aliphatic carbocycles. The van der Waals surface area contributed by atoms with E-state index in [1.165, 1.54) is 4.88 Å². The van der Waals surface area contributed by atoms with Gasteiger partial charge >= 0.3 is 0 Å². The molecule has 0 aliphatic rings. The Morgan fingerprint density at radius 1 is 1.26 bits per heavy atom. The lowest BCUT2D eigenvalue weighted by Crippen LogP contribution is -2.17. The summed E-state index contributed by atoms with van der Waals surface area (Å²) in [6, 6.07) is 10.0. The summed E-state index contributed by atoms with van der Waals surface area (Å²) in [7, 11) is 1.61. The maximum atomic E-state index is 6.10. The first-order valence-electron chi connectivity index (χ1n) is 5.91. The van der Waals surface area contributed by atoms with Crippen molar-refractivity contribution in [3.05, 3.63) is 50.1 Å². The summed E-state index contributed by atoms with van der Waals surface area (Å²) in [4.78, 5) is 1.23. The van der Waals surface area contributed by atoms with Crippen LogP contribution in [0.3, 0.4) is 0 Å². The van der Waals surface area contributed by atoms with Gasteiger partial charge in [-0.25, -0.2) is 0 Å². The Balaban J connectivity index is 1.97. The van der Waals surface area contributed by atoms with Crippen LogP contribution in [0.25, 0.3) is 0 Å². The molecule has 102 valence electrons. The SMILES string of the molecule is COc1ccc(CNC(C)c2ccc(Cl)s2)cc1Cl. The number of hydrogen-bond acceptors (Lipinski definition) is 3. The Bertz CT molecular complexity index is 556. The fraction of sp³-hybridized carbons (Fsp3) is 0.286. The molecule has 2 nitrogen and oxygen atoms in total. The van der Waals surface area contributed by atoms with Gasteiger partial charge in [-0.3, -0.25) is 0 Å². The fourth-order valence-corrected chi connectivity index (χ4v) is 3.12. The molecule has 0 aliphatic heterocycles. The molecule has 5 heteroatoms. The number of ether oxygens (including phenoxy) is 1. The van der Waals surface area contributed by atoms with E-state index in [1.54, 1.807) is 18.4 Å². The minimum absolute atomic E-state index is 0.262. The summed E-state index contributed by atoms with van der Waals surface area (Å²) in [5.41, 5.74) is 1.13. The van der Waals surface area contributed by atoms with E-state index in [4.69, 9.17) is 27.9 Å². The van der Waals surface area contributed by atoms with Gasteiger partial charge in [-0.15, -0.1) is 11.3 Å². The Morgan fingerprint density at radius 2 is 2.05 bits per heavy atom. The maximum absolute atomic E-state index is 6.10. The summed E-state index contributed by atoms with van der Waals surface area (Å²) in [5.74, 6) is 0.698. The van der Waals surface area contributed by atoms with Crippen molar-refractivity contribution in [2.45, 2.75) is 19.5 Å². The lowest BCUT2D eigenvalue weighted by molar-refractivity contribution is 0.415. The average Bonchev–Trinajstić information content (AvgIpc) is 2.83. The number of benzene rings is 1. The van der Waals surface area contributed by atoms with Crippen molar-refractivity contribution in [3.8, 4) is 5.75 Å². The zero-order valence-corrected chi connectivity index (χ0v) is 13.1. The Kier molecular flexibility index (Phi) is 5.11. The lowest BCUT2D eigenvalue weighted by Gasteiger charge is -2.13. The summed E-state index contributed by atoms with van der Waals surface area (Å²) in [6.07, 6.45) is 0. The second kappa shape index (κ2) is 6.62. The minimum atomic E-state index is 0.262. The van der Waals surface area contributed by atoms with Crippen LogP contribution in [-0.2, 0) is 6.54 Å². The van der Waals surface area contributed by atoms with Crippen LogP contribution in [0.1, 0.15) is 23.4 Å². The smallest absolute Gasteiger partial charge is 0.137 e. The van der Waals surface area contributed by atoms with Crippen molar-refractivity contribution in [1.29, 1.82) is 0 Å². The Labute approximate surface area is 127 Å². The highest BCUT2D eigenvalue weighted by molar-refractivity contribution is 7.16. The molecule has 0 bridgehead atoms. The number of halogens is 2. The first-order valence-corrected chi connectivity index (χ1v) is 7.48. The molecule has 2 rings (SSSR count). The first-order chi connectivity index (χ1) is 9.10. The average molecular weight is 316 g/mol. The molecule has 1 unspecified atom stereocenters. The molecule has 1 aromatic heterocycles. The number of rotatable bonds is 5. The van der Waals surface area contributed by atoms with Gasteiger partial charge in [-0.2, -0.15) is 0 Å². The third-order valence-electron chi connectivity index (χ3n) is 2.85. The number of hydrogen-bond donors (Lipinski definition) is 1. The molecule has 0 amide bonds. The van der Waals surface area contributed by atoms with Gasteiger partial charge in [-0.05, 0) is 36.8 Å². The molecule has 0 saturated carbocycles. The molecular weight excluding hydrogens is 301 g/mol. The van der Waals surface area contributed by atoms with Crippen LogP contribution < -0.4 is 10.1 Å². The minimum Gasteiger partial charge on any atom is -0.495 e. The quantitative estimate of drug-likeness (QED) is 0.846. The highest BCUT2D eigenvalue weighted by atomic mass is 35.5. The van der Waals surface area contributed by atoms with Gasteiger partial charge in [0.05, 0.1) is 16.5 Å². The largest absolute Gasteiger partial charge is 0.495 e. The van der Waals surface area contributed by atoms with E-state index in [0.29, 0.717) is 10.8 Å². The van der Waals surface area contributed by atoms with Crippen molar-refractivity contribution < 1.29 is 4.74 Å². The van der Waals surface area contributed by atoms with Crippen LogP contribution in [0.15, 0.2) is 30.3 Å². The van der Waals surface area contributed by atoms with Crippen molar-refractivity contribution in [2.75, 3.05) is 7.11 Å². The van der Waals surface area contributed by atoms with Gasteiger partial charge in [0.2, 0.25) is 0 Å². The molecule has 0 spiro atoms. The second-order valence-corrected chi connectivity index (χ2v) is 6.37. The predicted molar refractivity (Wildman–Crippen MR) is 82.6 cm³/mol. The van der Waals surface area contributed by atoms with Gasteiger partial charge in [0.25, 0.3) is 0 Å². The van der Waals surface area contributed by atoms with Gasteiger partial charge in [0.15, 0.2) is 0 Å². The molecule has 2 aromatic rings. The number of nitrogens with one attached hydrogen (secondary N) is 1. The van der Waals surface area contributed by atoms with E-state index in [1.807, 2.05) is 30.3 Å². The van der Waals surface area contributed by atoms with Gasteiger partial charge in [0, 0.05) is 17.5 Å². The molecule has 1 heterocycles. The zero-order chi connectivity index (χ0) is 13.8. The third-order valence-corrected chi connectivity index (χ3v) is 4.56. The van der Waals surface area contributed by atoms with Crippen LogP contribution in [0.2, 0.25) is 9.36 Å². The van der Waals surface area contributed by atoms with Crippen LogP contribution in [-0.4, -0.2) is 7.11 Å². The molecule has 19 heavy (non-hydrogen) atoms.